The largest absolute Gasteiger partial charge is 0.399 e. The number of nitrogens with zero attached hydrogens (tertiary/aromatic N) is 1. The number of rotatable bonds is 9. The van der Waals surface area contributed by atoms with Crippen molar-refractivity contribution in [1.82, 2.24) is 5.32 Å². The van der Waals surface area contributed by atoms with E-state index >= 15 is 0 Å². The molecule has 2 aliphatic carbocycles. The zero-order valence-electron chi connectivity index (χ0n) is 21.8. The first-order chi connectivity index (χ1) is 16.4. The number of aryl methyl sites for hydroxylation is 2. The zero-order chi connectivity index (χ0) is 24.2. The Kier molecular flexibility index (Phi) is 9.40. The van der Waals surface area contributed by atoms with Gasteiger partial charge >= 0.3 is 0 Å². The van der Waals surface area contributed by atoms with E-state index in [-0.39, 0.29) is 29.1 Å². The third-order valence-electron chi connectivity index (χ3n) is 8.53. The van der Waals surface area contributed by atoms with Crippen LogP contribution in [-0.4, -0.2) is 25.9 Å². The number of hydrogen-bond donors (Lipinski definition) is 1. The molecule has 4 rings (SSSR count). The molecule has 0 saturated heterocycles. The molecule has 0 aromatic heterocycles. The maximum atomic E-state index is 13.3. The van der Waals surface area contributed by atoms with Crippen LogP contribution in [0.1, 0.15) is 81.5 Å². The fourth-order valence-electron chi connectivity index (χ4n) is 6.91. The van der Waals surface area contributed by atoms with E-state index in [1.165, 1.54) is 62.6 Å². The van der Waals surface area contributed by atoms with Gasteiger partial charge in [-0.2, -0.15) is 0 Å². The normalized spacial score (nSPS) is 25.9. The summed E-state index contributed by atoms with van der Waals surface area (Å²) in [7, 11) is 1.56. The molecule has 3 nitrogen and oxygen atoms in total. The molecule has 0 bridgehead atoms. The van der Waals surface area contributed by atoms with Crippen LogP contribution < -0.4 is 5.32 Å². The van der Waals surface area contributed by atoms with Crippen molar-refractivity contribution < 1.29 is 9.23 Å². The topological polar surface area (TPSA) is 33.6 Å². The van der Waals surface area contributed by atoms with Gasteiger partial charge in [0, 0.05) is 19.5 Å². The Balaban J connectivity index is 0.00000342. The van der Waals surface area contributed by atoms with Gasteiger partial charge in [0.2, 0.25) is 0 Å². The van der Waals surface area contributed by atoms with Gasteiger partial charge in [0.15, 0.2) is 0 Å². The van der Waals surface area contributed by atoms with E-state index in [0.29, 0.717) is 5.92 Å². The van der Waals surface area contributed by atoms with E-state index in [9.17, 15) is 4.39 Å². The summed E-state index contributed by atoms with van der Waals surface area (Å²) in [5.74, 6) is 0.456. The highest BCUT2D eigenvalue weighted by molar-refractivity contribution is 6.00. The molecule has 0 spiro atoms. The Bertz CT molecular complexity index is 1010. The van der Waals surface area contributed by atoms with Crippen LogP contribution in [0, 0.1) is 17.2 Å². The van der Waals surface area contributed by atoms with Crippen molar-refractivity contribution in [2.45, 2.75) is 77.6 Å². The molecular weight excluding hydrogens is 459 g/mol. The summed E-state index contributed by atoms with van der Waals surface area (Å²) in [6.45, 7) is 9.14. The smallest absolute Gasteiger partial charge is 0.123 e. The first-order valence-electron chi connectivity index (χ1n) is 13.1. The number of halogens is 2. The Morgan fingerprint density at radius 2 is 1.91 bits per heavy atom. The van der Waals surface area contributed by atoms with E-state index in [4.69, 9.17) is 4.84 Å². The summed E-state index contributed by atoms with van der Waals surface area (Å²) in [6.07, 6.45) is 9.49. The van der Waals surface area contributed by atoms with Crippen LogP contribution in [0.3, 0.4) is 0 Å². The summed E-state index contributed by atoms with van der Waals surface area (Å²) in [6, 6.07) is 13.8. The van der Waals surface area contributed by atoms with Gasteiger partial charge in [-0.05, 0) is 83.2 Å². The predicted molar refractivity (Wildman–Crippen MR) is 146 cm³/mol. The van der Waals surface area contributed by atoms with Crippen molar-refractivity contribution in [1.29, 1.82) is 0 Å². The minimum Gasteiger partial charge on any atom is -0.399 e. The van der Waals surface area contributed by atoms with Crippen LogP contribution in [0.2, 0.25) is 0 Å². The van der Waals surface area contributed by atoms with E-state index in [2.05, 4.69) is 49.4 Å². The van der Waals surface area contributed by atoms with Gasteiger partial charge in [0.1, 0.15) is 12.9 Å². The molecule has 0 heterocycles. The molecule has 35 heavy (non-hydrogen) atoms. The number of oxime groups is 1. The number of fused-ring (bicyclic) bond motifs is 3. The molecule has 2 aromatic carbocycles. The molecule has 0 aliphatic heterocycles. The number of nitrogens with one attached hydrogen (secondary N) is 1. The minimum atomic E-state index is -0.234. The average molecular weight is 501 g/mol. The zero-order valence-corrected chi connectivity index (χ0v) is 22.6. The molecule has 2 aromatic rings. The second kappa shape index (κ2) is 11.9. The molecule has 1 saturated carbocycles. The Hall–Kier alpha value is -1.91. The van der Waals surface area contributed by atoms with Crippen LogP contribution in [0.5, 0.6) is 0 Å². The summed E-state index contributed by atoms with van der Waals surface area (Å²) in [4.78, 5) is 5.06. The molecule has 3 atom stereocenters. The molecule has 192 valence electrons. The molecule has 0 radical (unpaired) electrons. The Morgan fingerprint density at radius 1 is 1.14 bits per heavy atom. The highest BCUT2D eigenvalue weighted by Crippen LogP contribution is 2.57. The van der Waals surface area contributed by atoms with Gasteiger partial charge in [0.05, 0.1) is 5.71 Å². The van der Waals surface area contributed by atoms with Gasteiger partial charge in [-0.3, -0.25) is 0 Å². The van der Waals surface area contributed by atoms with Gasteiger partial charge < -0.3 is 10.2 Å². The van der Waals surface area contributed by atoms with E-state index in [1.807, 2.05) is 0 Å². The lowest BCUT2D eigenvalue weighted by molar-refractivity contribution is 0.0262. The van der Waals surface area contributed by atoms with Gasteiger partial charge in [0.25, 0.3) is 0 Å². The van der Waals surface area contributed by atoms with Crippen molar-refractivity contribution in [3.8, 4) is 0 Å². The Labute approximate surface area is 217 Å². The van der Waals surface area contributed by atoms with Crippen molar-refractivity contribution in [3.63, 3.8) is 0 Å². The van der Waals surface area contributed by atoms with Crippen LogP contribution in [0.15, 0.2) is 47.6 Å². The Morgan fingerprint density at radius 3 is 2.63 bits per heavy atom. The quantitative estimate of drug-likeness (QED) is 0.223. The lowest BCUT2D eigenvalue weighted by atomic mass is 9.49. The fourth-order valence-corrected chi connectivity index (χ4v) is 6.91. The third kappa shape index (κ3) is 5.91. The first-order valence-corrected chi connectivity index (χ1v) is 13.1. The van der Waals surface area contributed by atoms with E-state index < -0.39 is 0 Å². The monoisotopic (exact) mass is 500 g/mol. The van der Waals surface area contributed by atoms with Gasteiger partial charge in [-0.15, -0.1) is 12.4 Å². The highest BCUT2D eigenvalue weighted by Gasteiger charge is 2.51. The molecule has 2 aliphatic rings. The average Bonchev–Trinajstić information content (AvgIpc) is 2.82. The summed E-state index contributed by atoms with van der Waals surface area (Å²) >= 11 is 0. The molecule has 3 unspecified atom stereocenters. The molecule has 1 N–H and O–H groups in total. The second-order valence-electron chi connectivity index (χ2n) is 10.9. The number of benzene rings is 2. The van der Waals surface area contributed by atoms with Gasteiger partial charge in [-0.1, -0.05) is 69.1 Å². The second-order valence-corrected chi connectivity index (χ2v) is 10.9. The van der Waals surface area contributed by atoms with Crippen LogP contribution >= 0.6 is 12.4 Å². The summed E-state index contributed by atoms with van der Waals surface area (Å²) < 4.78 is 13.3. The fraction of sp³-hybridized carbons (Fsp3) is 0.567. The van der Waals surface area contributed by atoms with Crippen LogP contribution in [-0.2, 0) is 23.1 Å². The minimum absolute atomic E-state index is 0. The summed E-state index contributed by atoms with van der Waals surface area (Å²) in [5.41, 5.74) is 7.02. The molecular formula is C30H42ClFN2O. The maximum absolute atomic E-state index is 13.3. The lowest BCUT2D eigenvalue weighted by Crippen LogP contribution is -2.52. The molecule has 1 fully saturated rings. The van der Waals surface area contributed by atoms with Gasteiger partial charge in [-0.25, -0.2) is 4.39 Å². The first kappa shape index (κ1) is 27.7. The standard InChI is InChI=1S/C30H41FN2O.ClH/c1-5-7-22-8-14-26-24(20-22)11-15-28-29(2,17-6-18-30(26,28)3)21-32-19-16-27(33-34-4)23-9-12-25(31)13-10-23;/h8-10,12-14,20,28,32H,5-7,11,15-19,21H2,1-4H3;1H. The van der Waals surface area contributed by atoms with Crippen molar-refractivity contribution >= 4 is 18.1 Å². The summed E-state index contributed by atoms with van der Waals surface area (Å²) in [5, 5.41) is 7.96. The lowest BCUT2D eigenvalue weighted by Gasteiger charge is -2.55. The van der Waals surface area contributed by atoms with Crippen molar-refractivity contribution in [3.05, 3.63) is 70.5 Å². The van der Waals surface area contributed by atoms with Crippen LogP contribution in [0.25, 0.3) is 0 Å². The highest BCUT2D eigenvalue weighted by atomic mass is 35.5. The predicted octanol–water partition coefficient (Wildman–Crippen LogP) is 7.24. The SMILES string of the molecule is CCCc1ccc2c(c1)CCC1C(C)(CNCCC(=NOC)c3ccc(F)cc3)CCCC21C.Cl. The van der Waals surface area contributed by atoms with Crippen molar-refractivity contribution in [2.75, 3.05) is 20.2 Å². The van der Waals surface area contributed by atoms with E-state index in [0.717, 1.165) is 30.8 Å². The third-order valence-corrected chi connectivity index (χ3v) is 8.53. The maximum Gasteiger partial charge on any atom is 0.123 e. The number of hydrogen-bond acceptors (Lipinski definition) is 3. The van der Waals surface area contributed by atoms with Crippen molar-refractivity contribution in [2.24, 2.45) is 16.5 Å². The van der Waals surface area contributed by atoms with E-state index in [1.54, 1.807) is 30.4 Å². The van der Waals surface area contributed by atoms with Crippen LogP contribution in [0.4, 0.5) is 4.39 Å². The molecule has 5 heteroatoms. The molecule has 0 amide bonds.